The SMILES string of the molecule is Cc1ccc(NC(=O)N2CC[C@@H](CC(F)(F)F)C2)cc1-c1cc(N[C@H](C)CO)nc([C@]23COC[C@H]2C3)c1. The van der Waals surface area contributed by atoms with Gasteiger partial charge in [0.15, 0.2) is 0 Å². The molecule has 1 aromatic heterocycles. The molecule has 3 heterocycles. The number of nitrogens with one attached hydrogen (secondary N) is 2. The van der Waals surface area contributed by atoms with Crippen molar-refractivity contribution in [2.45, 2.75) is 50.7 Å². The van der Waals surface area contributed by atoms with E-state index in [-0.39, 0.29) is 24.6 Å². The molecular formula is C27H33F3N4O3. The number of anilines is 2. The molecule has 2 saturated heterocycles. The molecule has 200 valence electrons. The second-order valence-electron chi connectivity index (χ2n) is 10.8. The third-order valence-corrected chi connectivity index (χ3v) is 7.81. The average molecular weight is 519 g/mol. The Morgan fingerprint density at radius 2 is 2.14 bits per heavy atom. The van der Waals surface area contributed by atoms with E-state index in [1.807, 2.05) is 32.0 Å². The molecule has 2 aromatic rings. The molecule has 2 amide bonds. The number of benzene rings is 1. The van der Waals surface area contributed by atoms with Crippen molar-refractivity contribution in [1.82, 2.24) is 9.88 Å². The molecule has 0 bridgehead atoms. The molecule has 0 radical (unpaired) electrons. The number of likely N-dealkylation sites (tertiary alicyclic amines) is 1. The van der Waals surface area contributed by atoms with Crippen molar-refractivity contribution in [3.05, 3.63) is 41.6 Å². The lowest BCUT2D eigenvalue weighted by atomic mass is 9.95. The van der Waals surface area contributed by atoms with Gasteiger partial charge in [0.2, 0.25) is 0 Å². The van der Waals surface area contributed by atoms with Crippen LogP contribution in [-0.4, -0.2) is 66.1 Å². The van der Waals surface area contributed by atoms with Crippen LogP contribution in [-0.2, 0) is 10.2 Å². The number of fused-ring (bicyclic) bond motifs is 1. The molecule has 1 saturated carbocycles. The van der Waals surface area contributed by atoms with Gasteiger partial charge in [0.05, 0.1) is 25.5 Å². The molecule has 3 aliphatic rings. The summed E-state index contributed by atoms with van der Waals surface area (Å²) >= 11 is 0. The number of nitrogens with zero attached hydrogens (tertiary/aromatic N) is 2. The van der Waals surface area contributed by atoms with Crippen LogP contribution in [0.5, 0.6) is 0 Å². The van der Waals surface area contributed by atoms with E-state index in [1.54, 1.807) is 6.07 Å². The van der Waals surface area contributed by atoms with E-state index in [1.165, 1.54) is 4.90 Å². The van der Waals surface area contributed by atoms with Gasteiger partial charge in [0.1, 0.15) is 5.82 Å². The Morgan fingerprint density at radius 3 is 2.81 bits per heavy atom. The van der Waals surface area contributed by atoms with Crippen LogP contribution in [0, 0.1) is 18.8 Å². The Labute approximate surface area is 214 Å². The molecule has 0 unspecified atom stereocenters. The van der Waals surface area contributed by atoms with Crippen molar-refractivity contribution in [3.8, 4) is 11.1 Å². The van der Waals surface area contributed by atoms with Gasteiger partial charge in [-0.1, -0.05) is 6.07 Å². The van der Waals surface area contributed by atoms with Gasteiger partial charge in [0.25, 0.3) is 0 Å². The number of aliphatic hydroxyl groups is 1. The molecule has 1 aliphatic carbocycles. The molecule has 5 rings (SSSR count). The standard InChI is InChI=1S/C27H33F3N4O3/c1-16-3-4-21(32-25(36)34-6-5-18(12-34)10-27(28,29)30)9-22(16)19-7-23(26-11-20(26)14-37-15-26)33-24(8-19)31-17(2)13-35/h3-4,7-9,17-18,20,35H,5-6,10-15H2,1-2H3,(H,31,33)(H,32,36)/t17-,18+,20-,26-/m1/s1. The highest BCUT2D eigenvalue weighted by atomic mass is 19.4. The molecule has 4 atom stereocenters. The van der Waals surface area contributed by atoms with Crippen molar-refractivity contribution in [3.63, 3.8) is 0 Å². The minimum atomic E-state index is -4.22. The summed E-state index contributed by atoms with van der Waals surface area (Å²) in [6.07, 6.45) is -3.70. The van der Waals surface area contributed by atoms with Crippen LogP contribution >= 0.6 is 0 Å². The largest absolute Gasteiger partial charge is 0.394 e. The first kappa shape index (κ1) is 25.8. The van der Waals surface area contributed by atoms with E-state index in [2.05, 4.69) is 16.7 Å². The number of carbonyl (C=O) groups excluding carboxylic acids is 1. The number of aromatic nitrogens is 1. The van der Waals surface area contributed by atoms with Crippen LogP contribution in [0.1, 0.15) is 37.4 Å². The number of pyridine rings is 1. The highest BCUT2D eigenvalue weighted by Gasteiger charge is 2.60. The van der Waals surface area contributed by atoms with Gasteiger partial charge in [0, 0.05) is 36.7 Å². The summed E-state index contributed by atoms with van der Waals surface area (Å²) < 4.78 is 44.0. The maximum absolute atomic E-state index is 12.8. The lowest BCUT2D eigenvalue weighted by Gasteiger charge is -2.20. The fourth-order valence-electron chi connectivity index (χ4n) is 5.58. The Morgan fingerprint density at radius 1 is 1.32 bits per heavy atom. The summed E-state index contributed by atoms with van der Waals surface area (Å²) in [7, 11) is 0. The van der Waals surface area contributed by atoms with E-state index in [0.29, 0.717) is 37.0 Å². The van der Waals surface area contributed by atoms with Crippen molar-refractivity contribution >= 4 is 17.5 Å². The molecule has 7 nitrogen and oxygen atoms in total. The first-order valence-electron chi connectivity index (χ1n) is 12.8. The minimum Gasteiger partial charge on any atom is -0.394 e. The van der Waals surface area contributed by atoms with E-state index >= 15 is 0 Å². The Hall–Kier alpha value is -2.85. The van der Waals surface area contributed by atoms with Crippen LogP contribution < -0.4 is 10.6 Å². The van der Waals surface area contributed by atoms with Crippen molar-refractivity contribution in [1.29, 1.82) is 0 Å². The van der Waals surface area contributed by atoms with Crippen LogP contribution in [0.25, 0.3) is 11.1 Å². The molecule has 0 spiro atoms. The summed E-state index contributed by atoms with van der Waals surface area (Å²) in [6, 6.07) is 9.07. The monoisotopic (exact) mass is 518 g/mol. The topological polar surface area (TPSA) is 86.7 Å². The van der Waals surface area contributed by atoms with Gasteiger partial charge in [-0.3, -0.25) is 0 Å². The van der Waals surface area contributed by atoms with Gasteiger partial charge >= 0.3 is 12.2 Å². The predicted molar refractivity (Wildman–Crippen MR) is 135 cm³/mol. The van der Waals surface area contributed by atoms with E-state index < -0.39 is 24.5 Å². The highest BCUT2D eigenvalue weighted by molar-refractivity contribution is 5.90. The normalized spacial score (nSPS) is 25.6. The fourth-order valence-corrected chi connectivity index (χ4v) is 5.58. The molecule has 3 N–H and O–H groups in total. The van der Waals surface area contributed by atoms with Crippen LogP contribution in [0.2, 0.25) is 0 Å². The molecule has 10 heteroatoms. The van der Waals surface area contributed by atoms with Gasteiger partial charge < -0.3 is 25.4 Å². The maximum Gasteiger partial charge on any atom is 0.389 e. The van der Waals surface area contributed by atoms with Gasteiger partial charge in [-0.05, 0) is 79.5 Å². The summed E-state index contributed by atoms with van der Waals surface area (Å²) in [6.45, 7) is 5.63. The molecule has 2 aliphatic heterocycles. The van der Waals surface area contributed by atoms with Crippen molar-refractivity contribution in [2.75, 3.05) is 43.5 Å². The number of ether oxygens (including phenoxy) is 1. The Bertz CT molecular complexity index is 1170. The number of halogens is 3. The number of urea groups is 1. The Balaban J connectivity index is 1.38. The fraction of sp³-hybridized carbons (Fsp3) is 0.556. The van der Waals surface area contributed by atoms with Gasteiger partial charge in [-0.2, -0.15) is 13.2 Å². The maximum atomic E-state index is 12.8. The number of carbonyl (C=O) groups is 1. The molecule has 37 heavy (non-hydrogen) atoms. The number of aryl methyl sites for hydroxylation is 1. The Kier molecular flexibility index (Phi) is 6.83. The third kappa shape index (κ3) is 5.55. The van der Waals surface area contributed by atoms with Crippen LogP contribution in [0.4, 0.5) is 29.5 Å². The number of aliphatic hydroxyl groups excluding tert-OH is 1. The van der Waals surface area contributed by atoms with Crippen molar-refractivity contribution < 1.29 is 27.8 Å². The van der Waals surface area contributed by atoms with Crippen LogP contribution in [0.3, 0.4) is 0 Å². The lowest BCUT2D eigenvalue weighted by molar-refractivity contribution is -0.143. The number of hydrogen-bond acceptors (Lipinski definition) is 5. The summed E-state index contributed by atoms with van der Waals surface area (Å²) in [5.74, 6) is 0.571. The first-order valence-corrected chi connectivity index (χ1v) is 12.8. The predicted octanol–water partition coefficient (Wildman–Crippen LogP) is 4.94. The zero-order valence-corrected chi connectivity index (χ0v) is 21.1. The van der Waals surface area contributed by atoms with Gasteiger partial charge in [-0.25, -0.2) is 9.78 Å². The summed E-state index contributed by atoms with van der Waals surface area (Å²) in [4.78, 5) is 19.1. The quantitative estimate of drug-likeness (QED) is 0.483. The van der Waals surface area contributed by atoms with Crippen LogP contribution in [0.15, 0.2) is 30.3 Å². The van der Waals surface area contributed by atoms with Gasteiger partial charge in [-0.15, -0.1) is 0 Å². The first-order chi connectivity index (χ1) is 17.6. The van der Waals surface area contributed by atoms with E-state index in [4.69, 9.17) is 9.72 Å². The van der Waals surface area contributed by atoms with E-state index in [9.17, 15) is 23.1 Å². The average Bonchev–Trinajstić information content (AvgIpc) is 3.14. The number of amides is 2. The van der Waals surface area contributed by atoms with E-state index in [0.717, 1.165) is 35.4 Å². The smallest absolute Gasteiger partial charge is 0.389 e. The van der Waals surface area contributed by atoms with Crippen molar-refractivity contribution in [2.24, 2.45) is 11.8 Å². The lowest BCUT2D eigenvalue weighted by Crippen LogP contribution is -2.33. The number of rotatable bonds is 7. The zero-order chi connectivity index (χ0) is 26.4. The second-order valence-corrected chi connectivity index (χ2v) is 10.8. The zero-order valence-electron chi connectivity index (χ0n) is 21.1. The summed E-state index contributed by atoms with van der Waals surface area (Å²) in [5.41, 5.74) is 4.33. The summed E-state index contributed by atoms with van der Waals surface area (Å²) in [5, 5.41) is 15.7. The third-order valence-electron chi connectivity index (χ3n) is 7.81. The number of alkyl halides is 3. The number of hydrogen-bond donors (Lipinski definition) is 3. The second kappa shape index (κ2) is 9.79. The molecule has 3 fully saturated rings. The molecular weight excluding hydrogens is 485 g/mol. The molecule has 1 aromatic carbocycles. The highest BCUT2D eigenvalue weighted by Crippen LogP contribution is 2.58. The minimum absolute atomic E-state index is 0.0288.